The van der Waals surface area contributed by atoms with Gasteiger partial charge in [0.2, 0.25) is 0 Å². The molecule has 0 aliphatic carbocycles. The highest BCUT2D eigenvalue weighted by Gasteiger charge is 2.29. The second kappa shape index (κ2) is 4.30. The molecule has 0 N–H and O–H groups in total. The first-order chi connectivity index (χ1) is 7.68. The van der Waals surface area contributed by atoms with Crippen LogP contribution in [0.2, 0.25) is 0 Å². The summed E-state index contributed by atoms with van der Waals surface area (Å²) in [5.41, 5.74) is 0.851. The summed E-state index contributed by atoms with van der Waals surface area (Å²) in [5, 5.41) is 0. The van der Waals surface area contributed by atoms with Crippen LogP contribution >= 0.6 is 15.9 Å². The third-order valence-corrected chi connectivity index (χ3v) is 3.57. The summed E-state index contributed by atoms with van der Waals surface area (Å²) in [5.74, 6) is 0.898. The largest absolute Gasteiger partial charge is 0.468 e. The van der Waals surface area contributed by atoms with E-state index < -0.39 is 0 Å². The van der Waals surface area contributed by atoms with Gasteiger partial charge in [-0.1, -0.05) is 40.2 Å². The van der Waals surface area contributed by atoms with E-state index in [-0.39, 0.29) is 5.41 Å². The van der Waals surface area contributed by atoms with E-state index in [9.17, 15) is 0 Å². The Balaban J connectivity index is 2.59. The first-order valence-electron chi connectivity index (χ1n) is 5.11. The molecule has 0 saturated heterocycles. The summed E-state index contributed by atoms with van der Waals surface area (Å²) < 4.78 is 6.57. The zero-order chi connectivity index (χ0) is 11.6. The van der Waals surface area contributed by atoms with Crippen LogP contribution in [0.25, 0.3) is 0 Å². The highest BCUT2D eigenvalue weighted by atomic mass is 79.9. The van der Waals surface area contributed by atoms with Crippen molar-refractivity contribution >= 4 is 15.9 Å². The molecule has 0 aliphatic heterocycles. The van der Waals surface area contributed by atoms with Gasteiger partial charge in [0.05, 0.1) is 11.7 Å². The van der Waals surface area contributed by atoms with Crippen molar-refractivity contribution in [3.05, 3.63) is 71.1 Å². The fourth-order valence-electron chi connectivity index (χ4n) is 1.80. The molecule has 0 amide bonds. The first kappa shape index (κ1) is 11.2. The van der Waals surface area contributed by atoms with Crippen LogP contribution in [-0.4, -0.2) is 0 Å². The highest BCUT2D eigenvalue weighted by molar-refractivity contribution is 9.10. The molecular formula is C14H13BrO. The van der Waals surface area contributed by atoms with Gasteiger partial charge in [0.25, 0.3) is 0 Å². The zero-order valence-electron chi connectivity index (χ0n) is 9.11. The lowest BCUT2D eigenvalue weighted by atomic mass is 9.80. The van der Waals surface area contributed by atoms with Crippen LogP contribution in [0, 0.1) is 0 Å². The van der Waals surface area contributed by atoms with E-state index in [1.165, 1.54) is 0 Å². The molecule has 1 aromatic carbocycles. The van der Waals surface area contributed by atoms with Crippen LogP contribution in [0.3, 0.4) is 0 Å². The number of rotatable bonds is 3. The van der Waals surface area contributed by atoms with Crippen molar-refractivity contribution in [3.63, 3.8) is 0 Å². The minimum absolute atomic E-state index is 0.302. The fraction of sp³-hybridized carbons (Fsp3) is 0.143. The van der Waals surface area contributed by atoms with Crippen LogP contribution in [0.4, 0.5) is 0 Å². The van der Waals surface area contributed by atoms with Gasteiger partial charge in [-0.2, -0.15) is 0 Å². The Morgan fingerprint density at radius 3 is 2.56 bits per heavy atom. The lowest BCUT2D eigenvalue weighted by Crippen LogP contribution is -2.20. The summed E-state index contributed by atoms with van der Waals surface area (Å²) in [6, 6.07) is 12.0. The van der Waals surface area contributed by atoms with E-state index in [1.54, 1.807) is 6.26 Å². The van der Waals surface area contributed by atoms with E-state index in [2.05, 4.69) is 35.5 Å². The lowest BCUT2D eigenvalue weighted by Gasteiger charge is -2.25. The third kappa shape index (κ3) is 1.74. The molecule has 0 saturated carbocycles. The average Bonchev–Trinajstić information content (AvgIpc) is 2.82. The predicted molar refractivity (Wildman–Crippen MR) is 69.5 cm³/mol. The second-order valence-corrected chi connectivity index (χ2v) is 4.72. The Labute approximate surface area is 104 Å². The third-order valence-electron chi connectivity index (χ3n) is 2.87. The van der Waals surface area contributed by atoms with Crippen LogP contribution in [0.15, 0.2) is 64.2 Å². The molecule has 1 atom stereocenters. The maximum absolute atomic E-state index is 5.51. The number of furan rings is 1. The molecule has 2 rings (SSSR count). The molecule has 2 aromatic rings. The Hall–Kier alpha value is -1.28. The molecule has 2 heteroatoms. The van der Waals surface area contributed by atoms with Crippen molar-refractivity contribution in [2.24, 2.45) is 0 Å². The van der Waals surface area contributed by atoms with Crippen molar-refractivity contribution in [1.29, 1.82) is 0 Å². The number of benzene rings is 1. The molecule has 82 valence electrons. The average molecular weight is 277 g/mol. The van der Waals surface area contributed by atoms with E-state index in [4.69, 9.17) is 4.42 Å². The molecule has 0 unspecified atom stereocenters. The molecule has 0 aliphatic rings. The smallest absolute Gasteiger partial charge is 0.117 e. The summed E-state index contributed by atoms with van der Waals surface area (Å²) in [6.07, 6.45) is 3.60. The maximum Gasteiger partial charge on any atom is 0.117 e. The molecule has 0 spiro atoms. The van der Waals surface area contributed by atoms with E-state index >= 15 is 0 Å². The van der Waals surface area contributed by atoms with E-state index in [0.29, 0.717) is 0 Å². The maximum atomic E-state index is 5.51. The van der Waals surface area contributed by atoms with E-state index in [0.717, 1.165) is 15.8 Å². The molecule has 0 radical (unpaired) electrons. The minimum Gasteiger partial charge on any atom is -0.468 e. The van der Waals surface area contributed by atoms with Gasteiger partial charge in [0.1, 0.15) is 5.76 Å². The number of allylic oxidation sites excluding steroid dienone is 1. The molecule has 1 aromatic heterocycles. The lowest BCUT2D eigenvalue weighted by molar-refractivity contribution is 0.454. The van der Waals surface area contributed by atoms with Gasteiger partial charge < -0.3 is 4.42 Å². The van der Waals surface area contributed by atoms with Gasteiger partial charge in [0.15, 0.2) is 0 Å². The van der Waals surface area contributed by atoms with Gasteiger partial charge in [0, 0.05) is 4.47 Å². The van der Waals surface area contributed by atoms with Crippen LogP contribution < -0.4 is 0 Å². The molecule has 16 heavy (non-hydrogen) atoms. The summed E-state index contributed by atoms with van der Waals surface area (Å²) in [6.45, 7) is 6.02. The van der Waals surface area contributed by atoms with Crippen LogP contribution in [-0.2, 0) is 5.41 Å². The second-order valence-electron chi connectivity index (χ2n) is 3.86. The Morgan fingerprint density at radius 2 is 2.00 bits per heavy atom. The van der Waals surface area contributed by atoms with Gasteiger partial charge in [-0.05, 0) is 30.7 Å². The topological polar surface area (TPSA) is 13.1 Å². The van der Waals surface area contributed by atoms with Crippen LogP contribution in [0.5, 0.6) is 0 Å². The number of halogens is 1. The van der Waals surface area contributed by atoms with Crippen molar-refractivity contribution in [3.8, 4) is 0 Å². The van der Waals surface area contributed by atoms with Gasteiger partial charge in [-0.15, -0.1) is 6.58 Å². The Bertz CT molecular complexity index is 487. The van der Waals surface area contributed by atoms with Gasteiger partial charge in [-0.3, -0.25) is 0 Å². The monoisotopic (exact) mass is 276 g/mol. The molecule has 1 nitrogen and oxygen atoms in total. The summed E-state index contributed by atoms with van der Waals surface area (Å²) in [4.78, 5) is 0. The van der Waals surface area contributed by atoms with Crippen molar-refractivity contribution < 1.29 is 4.42 Å². The minimum atomic E-state index is -0.302. The normalized spacial score (nSPS) is 14.4. The van der Waals surface area contributed by atoms with Crippen molar-refractivity contribution in [2.45, 2.75) is 12.3 Å². The first-order valence-corrected chi connectivity index (χ1v) is 5.90. The Kier molecular flexibility index (Phi) is 3.01. The molecule has 1 heterocycles. The van der Waals surface area contributed by atoms with E-state index in [1.807, 2.05) is 36.4 Å². The van der Waals surface area contributed by atoms with Gasteiger partial charge in [-0.25, -0.2) is 0 Å². The number of hydrogen-bond donors (Lipinski definition) is 0. The van der Waals surface area contributed by atoms with Crippen molar-refractivity contribution in [1.82, 2.24) is 0 Å². The van der Waals surface area contributed by atoms with Gasteiger partial charge >= 0.3 is 0 Å². The SMILES string of the molecule is C=C[C@](C)(c1ccco1)c1ccccc1Br. The molecule has 0 bridgehead atoms. The summed E-state index contributed by atoms with van der Waals surface area (Å²) in [7, 11) is 0. The quantitative estimate of drug-likeness (QED) is 0.751. The molecular weight excluding hydrogens is 264 g/mol. The zero-order valence-corrected chi connectivity index (χ0v) is 10.7. The summed E-state index contributed by atoms with van der Waals surface area (Å²) >= 11 is 3.57. The highest BCUT2D eigenvalue weighted by Crippen LogP contribution is 2.37. The molecule has 0 fully saturated rings. The number of hydrogen-bond acceptors (Lipinski definition) is 1. The van der Waals surface area contributed by atoms with Crippen molar-refractivity contribution in [2.75, 3.05) is 0 Å². The standard InChI is InChI=1S/C14H13BrO/c1-3-14(2,13-9-6-10-16-13)11-7-4-5-8-12(11)15/h3-10H,1H2,2H3/t14-/m0/s1. The Morgan fingerprint density at radius 1 is 1.25 bits per heavy atom. The predicted octanol–water partition coefficient (Wildman–Crippen LogP) is 4.53. The fourth-order valence-corrected chi connectivity index (χ4v) is 2.50. The van der Waals surface area contributed by atoms with Crippen LogP contribution in [0.1, 0.15) is 18.2 Å².